The van der Waals surface area contributed by atoms with Gasteiger partial charge in [-0.2, -0.15) is 5.10 Å². The van der Waals surface area contributed by atoms with E-state index in [1.165, 1.54) is 10.9 Å². The molecule has 5 aromatic rings. The molecular weight excluding hydrogens is 590 g/mol. The lowest BCUT2D eigenvalue weighted by Crippen LogP contribution is -2.47. The van der Waals surface area contributed by atoms with Crippen molar-refractivity contribution in [2.45, 2.75) is 38.1 Å². The van der Waals surface area contributed by atoms with E-state index in [2.05, 4.69) is 25.2 Å². The maximum Gasteiger partial charge on any atom is 0.404 e. The normalized spacial score (nSPS) is 15.1. The van der Waals surface area contributed by atoms with E-state index in [-0.39, 0.29) is 30.2 Å². The minimum atomic E-state index is -1.08. The number of carbonyl (C=O) groups is 1. The summed E-state index contributed by atoms with van der Waals surface area (Å²) in [6.45, 7) is 2.00. The summed E-state index contributed by atoms with van der Waals surface area (Å²) in [6, 6.07) is 12.8. The molecule has 5 N–H and O–H groups in total. The molecule has 0 atom stereocenters. The highest BCUT2D eigenvalue weighted by Crippen LogP contribution is 2.30. The van der Waals surface area contributed by atoms with Crippen LogP contribution in [0.25, 0.3) is 33.7 Å². The highest BCUT2D eigenvalue weighted by atomic mass is 35.5. The first-order valence-corrected chi connectivity index (χ1v) is 14.2. The van der Waals surface area contributed by atoms with Gasteiger partial charge in [0.15, 0.2) is 5.52 Å². The van der Waals surface area contributed by atoms with Crippen LogP contribution < -0.4 is 17.0 Å². The number of rotatable bonds is 8. The maximum absolute atomic E-state index is 13.4. The number of amides is 1. The summed E-state index contributed by atoms with van der Waals surface area (Å²) in [5.41, 5.74) is 13.7. The zero-order valence-electron chi connectivity index (χ0n) is 23.8. The summed E-state index contributed by atoms with van der Waals surface area (Å²) >= 11 is 6.55. The molecule has 1 saturated heterocycles. The van der Waals surface area contributed by atoms with E-state index in [1.807, 2.05) is 24.3 Å². The Morgan fingerprint density at radius 3 is 2.50 bits per heavy atom. The van der Waals surface area contributed by atoms with Gasteiger partial charge in [0, 0.05) is 42.8 Å². The third-order valence-corrected chi connectivity index (χ3v) is 8.16. The first kappa shape index (κ1) is 29.3. The second-order valence-electron chi connectivity index (χ2n) is 10.9. The molecule has 3 aromatic heterocycles. The van der Waals surface area contributed by atoms with Gasteiger partial charge in [-0.05, 0) is 36.1 Å². The number of nitrogens with zero attached hydrogens (tertiary/aromatic N) is 7. The Hall–Kier alpha value is -4.79. The lowest BCUT2D eigenvalue weighted by Gasteiger charge is -2.38. The van der Waals surface area contributed by atoms with Crippen LogP contribution in [0.4, 0.5) is 10.8 Å². The summed E-state index contributed by atoms with van der Waals surface area (Å²) < 4.78 is 13.1. The molecule has 4 heterocycles. The number of nitrogens with two attached hydrogens (primary N) is 2. The third-order valence-electron chi connectivity index (χ3n) is 7.81. The minimum absolute atomic E-state index is 0.0127. The van der Waals surface area contributed by atoms with Crippen molar-refractivity contribution in [1.29, 1.82) is 0 Å². The van der Waals surface area contributed by atoms with E-state index in [0.29, 0.717) is 60.2 Å². The Bertz CT molecular complexity index is 1890. The van der Waals surface area contributed by atoms with Crippen molar-refractivity contribution in [3.05, 3.63) is 75.3 Å². The number of carbonyl (C=O) groups excluding carboxylic acids is 1. The topological polar surface area (TPSA) is 193 Å². The van der Waals surface area contributed by atoms with Gasteiger partial charge in [0.25, 0.3) is 5.56 Å². The first-order chi connectivity index (χ1) is 21.1. The molecule has 1 amide bonds. The molecule has 0 spiro atoms. The number of ether oxygens (including phenoxy) is 1. The molecule has 228 valence electrons. The fourth-order valence-corrected chi connectivity index (χ4v) is 5.69. The Balaban J connectivity index is 1.12. The number of hydrogen-bond donors (Lipinski definition) is 3. The second-order valence-corrected chi connectivity index (χ2v) is 11.3. The number of piperidine rings is 1. The number of fused-ring (bicyclic) bond motifs is 1. The fraction of sp³-hybridized carbons (Fsp3) is 0.310. The zero-order chi connectivity index (χ0) is 31.0. The van der Waals surface area contributed by atoms with Crippen molar-refractivity contribution < 1.29 is 19.1 Å². The predicted octanol–water partition coefficient (Wildman–Crippen LogP) is 2.71. The van der Waals surface area contributed by atoms with Crippen molar-refractivity contribution in [3.63, 3.8) is 0 Å². The van der Waals surface area contributed by atoms with Crippen molar-refractivity contribution in [2.75, 3.05) is 18.8 Å². The van der Waals surface area contributed by atoms with Gasteiger partial charge in [-0.1, -0.05) is 47.0 Å². The molecule has 1 aliphatic rings. The maximum atomic E-state index is 13.4. The molecular formula is C29H30ClN9O5. The van der Waals surface area contributed by atoms with Crippen LogP contribution in [0.3, 0.4) is 0 Å². The summed E-state index contributed by atoms with van der Waals surface area (Å²) in [4.78, 5) is 31.1. The average Bonchev–Trinajstić information content (AvgIpc) is 3.59. The van der Waals surface area contributed by atoms with Crippen LogP contribution >= 0.6 is 11.6 Å². The first-order valence-electron chi connectivity index (χ1n) is 13.8. The van der Waals surface area contributed by atoms with Crippen LogP contribution in [0.5, 0.6) is 0 Å². The number of aliphatic hydroxyl groups is 1. The summed E-state index contributed by atoms with van der Waals surface area (Å²) in [6.07, 6.45) is 1.55. The fourth-order valence-electron chi connectivity index (χ4n) is 5.45. The van der Waals surface area contributed by atoms with Gasteiger partial charge >= 0.3 is 12.1 Å². The van der Waals surface area contributed by atoms with E-state index in [1.54, 1.807) is 29.9 Å². The summed E-state index contributed by atoms with van der Waals surface area (Å²) in [5.74, 6) is 0.298. The summed E-state index contributed by atoms with van der Waals surface area (Å²) in [7, 11) is 1.74. The van der Waals surface area contributed by atoms with Crippen LogP contribution in [-0.2, 0) is 31.5 Å². The van der Waals surface area contributed by atoms with Gasteiger partial charge in [-0.15, -0.1) is 5.10 Å². The van der Waals surface area contributed by atoms with E-state index in [4.69, 9.17) is 32.2 Å². The quantitative estimate of drug-likeness (QED) is 0.231. The highest BCUT2D eigenvalue weighted by molar-refractivity contribution is 6.31. The Morgan fingerprint density at radius 1 is 1.11 bits per heavy atom. The smallest absolute Gasteiger partial charge is 0.404 e. The molecule has 0 unspecified atom stereocenters. The molecule has 15 heteroatoms. The number of aryl methyl sites for hydroxylation is 1. The molecule has 0 radical (unpaired) electrons. The molecule has 6 rings (SSSR count). The van der Waals surface area contributed by atoms with E-state index in [0.717, 1.165) is 16.7 Å². The largest absolute Gasteiger partial charge is 0.445 e. The van der Waals surface area contributed by atoms with E-state index in [9.17, 15) is 14.7 Å². The zero-order valence-corrected chi connectivity index (χ0v) is 24.6. The lowest BCUT2D eigenvalue weighted by molar-refractivity contribution is -0.0364. The Kier molecular flexibility index (Phi) is 7.80. The number of benzene rings is 2. The van der Waals surface area contributed by atoms with Crippen molar-refractivity contribution in [2.24, 2.45) is 12.8 Å². The van der Waals surface area contributed by atoms with Gasteiger partial charge in [0.2, 0.25) is 5.89 Å². The number of likely N-dealkylation sites (tertiary alicyclic amines) is 1. The minimum Gasteiger partial charge on any atom is -0.445 e. The van der Waals surface area contributed by atoms with Gasteiger partial charge in [0.05, 0.1) is 24.2 Å². The molecule has 2 aromatic carbocycles. The van der Waals surface area contributed by atoms with Gasteiger partial charge in [-0.25, -0.2) is 9.78 Å². The number of halogens is 1. The Labute approximate surface area is 255 Å². The second kappa shape index (κ2) is 11.7. The highest BCUT2D eigenvalue weighted by Gasteiger charge is 2.33. The molecule has 14 nitrogen and oxygen atoms in total. The van der Waals surface area contributed by atoms with E-state index >= 15 is 0 Å². The van der Waals surface area contributed by atoms with E-state index < -0.39 is 11.7 Å². The molecule has 0 aliphatic carbocycles. The van der Waals surface area contributed by atoms with Gasteiger partial charge in [0.1, 0.15) is 12.1 Å². The number of nitrogen functional groups attached to an aromatic ring is 1. The van der Waals surface area contributed by atoms with Crippen molar-refractivity contribution in [1.82, 2.24) is 34.4 Å². The number of hydrogen-bond acceptors (Lipinski definition) is 11. The molecule has 0 bridgehead atoms. The lowest BCUT2D eigenvalue weighted by atomic mass is 9.91. The van der Waals surface area contributed by atoms with Crippen LogP contribution in [0.1, 0.15) is 24.0 Å². The predicted molar refractivity (Wildman–Crippen MR) is 161 cm³/mol. The van der Waals surface area contributed by atoms with Crippen LogP contribution in [-0.4, -0.2) is 64.3 Å². The molecule has 1 fully saturated rings. The monoisotopic (exact) mass is 619 g/mol. The average molecular weight is 620 g/mol. The van der Waals surface area contributed by atoms with Crippen LogP contribution in [0.2, 0.25) is 5.02 Å². The standard InChI is InChI=1S/C29H30ClN9O5/c1-37-24(18-4-2-17(3-5-18)14-43-28(32)41)22-23(36-37)26(40)39(16-33-22)15-29(42)8-10-38(11-9-29)13-20-7-6-19(12-21(20)30)25-34-35-27(31)44-25/h2-7,12,16,42H,8-11,13-15H2,1H3,(H2,31,35)(H2,32,41). The Morgan fingerprint density at radius 2 is 1.84 bits per heavy atom. The number of anilines is 1. The van der Waals surface area contributed by atoms with Crippen molar-refractivity contribution in [3.8, 4) is 22.7 Å². The van der Waals surface area contributed by atoms with Crippen molar-refractivity contribution >= 4 is 34.7 Å². The molecule has 44 heavy (non-hydrogen) atoms. The summed E-state index contributed by atoms with van der Waals surface area (Å²) in [5, 5.41) is 24.0. The molecule has 1 aliphatic heterocycles. The third kappa shape index (κ3) is 6.00. The van der Waals surface area contributed by atoms with Gasteiger partial charge in [-0.3, -0.25) is 18.9 Å². The number of primary amides is 1. The SMILES string of the molecule is Cn1nc2c(=O)n(CC3(O)CCN(Cc4ccc(-c5nnc(N)o5)cc4Cl)CC3)cnc2c1-c1ccc(COC(N)=O)cc1. The number of aromatic nitrogens is 6. The van der Waals surface area contributed by atoms with Gasteiger partial charge < -0.3 is 25.7 Å². The van der Waals surface area contributed by atoms with Crippen LogP contribution in [0, 0.1) is 0 Å². The van der Waals surface area contributed by atoms with Crippen LogP contribution in [0.15, 0.2) is 58.0 Å². The molecule has 0 saturated carbocycles.